The Labute approximate surface area is 162 Å². The number of piperidine rings is 1. The Balaban J connectivity index is 0.00000243. The normalized spacial score (nSPS) is 16.6. The fourth-order valence-electron chi connectivity index (χ4n) is 3.56. The predicted molar refractivity (Wildman–Crippen MR) is 107 cm³/mol. The molecular formula is C20H29ClN4O. The largest absolute Gasteiger partial charge is 0.353 e. The summed E-state index contributed by atoms with van der Waals surface area (Å²) in [5.74, 6) is 0.0680. The highest BCUT2D eigenvalue weighted by Gasteiger charge is 2.42. The van der Waals surface area contributed by atoms with E-state index in [9.17, 15) is 4.79 Å². The van der Waals surface area contributed by atoms with Crippen LogP contribution in [0.25, 0.3) is 0 Å². The van der Waals surface area contributed by atoms with E-state index >= 15 is 0 Å². The molecule has 0 aliphatic carbocycles. The van der Waals surface area contributed by atoms with Crippen LogP contribution in [0.2, 0.25) is 0 Å². The van der Waals surface area contributed by atoms with Gasteiger partial charge in [-0.15, -0.1) is 12.4 Å². The molecule has 0 radical (unpaired) electrons. The minimum absolute atomic E-state index is 0. The van der Waals surface area contributed by atoms with Gasteiger partial charge < -0.3 is 10.6 Å². The van der Waals surface area contributed by atoms with E-state index in [0.717, 1.165) is 25.9 Å². The van der Waals surface area contributed by atoms with E-state index in [1.165, 1.54) is 11.1 Å². The molecule has 1 saturated heterocycles. The first-order valence-corrected chi connectivity index (χ1v) is 9.00. The van der Waals surface area contributed by atoms with Gasteiger partial charge in [-0.3, -0.25) is 9.48 Å². The van der Waals surface area contributed by atoms with Crippen LogP contribution < -0.4 is 10.6 Å². The number of nitrogens with zero attached hydrogens (tertiary/aromatic N) is 2. The molecule has 2 aromatic rings. The van der Waals surface area contributed by atoms with E-state index < -0.39 is 5.54 Å². The molecule has 1 aromatic heterocycles. The van der Waals surface area contributed by atoms with Crippen molar-refractivity contribution in [2.75, 3.05) is 19.6 Å². The van der Waals surface area contributed by atoms with E-state index in [-0.39, 0.29) is 23.7 Å². The van der Waals surface area contributed by atoms with Crippen molar-refractivity contribution in [3.63, 3.8) is 0 Å². The molecule has 0 spiro atoms. The molecule has 1 fully saturated rings. The van der Waals surface area contributed by atoms with E-state index in [1.54, 1.807) is 6.20 Å². The number of rotatable bonds is 5. The van der Waals surface area contributed by atoms with Crippen LogP contribution in [0.3, 0.4) is 0 Å². The molecule has 26 heavy (non-hydrogen) atoms. The quantitative estimate of drug-likeness (QED) is 0.843. The van der Waals surface area contributed by atoms with Crippen LogP contribution in [-0.2, 0) is 15.7 Å². The number of carbonyl (C=O) groups is 1. The Morgan fingerprint density at radius 2 is 2.04 bits per heavy atom. The van der Waals surface area contributed by atoms with Crippen molar-refractivity contribution < 1.29 is 4.79 Å². The Kier molecular flexibility index (Phi) is 6.48. The fourth-order valence-corrected chi connectivity index (χ4v) is 3.56. The predicted octanol–water partition coefficient (Wildman–Crippen LogP) is 2.79. The van der Waals surface area contributed by atoms with Crippen LogP contribution >= 0.6 is 12.4 Å². The van der Waals surface area contributed by atoms with Crippen molar-refractivity contribution in [2.45, 2.75) is 44.6 Å². The summed E-state index contributed by atoms with van der Waals surface area (Å²) in [5, 5.41) is 10.9. The van der Waals surface area contributed by atoms with Gasteiger partial charge in [0.2, 0.25) is 5.91 Å². The van der Waals surface area contributed by atoms with Gasteiger partial charge in [0, 0.05) is 24.4 Å². The summed E-state index contributed by atoms with van der Waals surface area (Å²) in [6.45, 7) is 8.70. The number of carbonyl (C=O) groups excluding carboxylic acids is 1. The second-order valence-corrected chi connectivity index (χ2v) is 7.67. The third kappa shape index (κ3) is 4.10. The average molecular weight is 377 g/mol. The van der Waals surface area contributed by atoms with Crippen LogP contribution in [-0.4, -0.2) is 35.3 Å². The highest BCUT2D eigenvalue weighted by molar-refractivity contribution is 5.85. The lowest BCUT2D eigenvalue weighted by Crippen LogP contribution is -2.56. The molecule has 3 rings (SSSR count). The van der Waals surface area contributed by atoms with Gasteiger partial charge in [-0.25, -0.2) is 0 Å². The van der Waals surface area contributed by atoms with Crippen LogP contribution in [0.5, 0.6) is 0 Å². The van der Waals surface area contributed by atoms with E-state index in [1.807, 2.05) is 16.9 Å². The maximum absolute atomic E-state index is 13.2. The smallest absolute Gasteiger partial charge is 0.248 e. The van der Waals surface area contributed by atoms with Crippen molar-refractivity contribution >= 4 is 18.3 Å². The van der Waals surface area contributed by atoms with Crippen LogP contribution in [0, 0.1) is 6.92 Å². The van der Waals surface area contributed by atoms with Gasteiger partial charge in [0.25, 0.3) is 0 Å². The molecule has 142 valence electrons. The van der Waals surface area contributed by atoms with Gasteiger partial charge in [0.1, 0.15) is 5.54 Å². The minimum Gasteiger partial charge on any atom is -0.353 e. The molecule has 6 heteroatoms. The zero-order valence-electron chi connectivity index (χ0n) is 15.8. The SMILES string of the molecule is Cc1cccc(C(C)(C)CNC(=O)C2(n3cccn3)CCNCC2)c1.Cl. The average Bonchev–Trinajstić information content (AvgIpc) is 3.15. The summed E-state index contributed by atoms with van der Waals surface area (Å²) in [6.07, 6.45) is 5.15. The molecule has 0 unspecified atom stereocenters. The standard InChI is InChI=1S/C20H28N4O.ClH/c1-16-6-4-7-17(14-16)19(2,3)15-22-18(25)20(8-11-21-12-9-20)24-13-5-10-23-24;/h4-7,10,13-14,21H,8-9,11-12,15H2,1-3H3,(H,22,25);1H. The molecule has 0 saturated carbocycles. The van der Waals surface area contributed by atoms with Gasteiger partial charge in [0.05, 0.1) is 0 Å². The van der Waals surface area contributed by atoms with Gasteiger partial charge >= 0.3 is 0 Å². The number of nitrogens with one attached hydrogen (secondary N) is 2. The summed E-state index contributed by atoms with van der Waals surface area (Å²) >= 11 is 0. The second-order valence-electron chi connectivity index (χ2n) is 7.67. The van der Waals surface area contributed by atoms with Crippen LogP contribution in [0.15, 0.2) is 42.7 Å². The summed E-state index contributed by atoms with van der Waals surface area (Å²) in [4.78, 5) is 13.2. The molecule has 0 atom stereocenters. The molecule has 1 aliphatic heterocycles. The molecule has 5 nitrogen and oxygen atoms in total. The summed E-state index contributed by atoms with van der Waals surface area (Å²) in [6, 6.07) is 10.4. The van der Waals surface area contributed by atoms with Crippen molar-refractivity contribution in [2.24, 2.45) is 0 Å². The highest BCUT2D eigenvalue weighted by Crippen LogP contribution is 2.28. The molecule has 0 bridgehead atoms. The lowest BCUT2D eigenvalue weighted by atomic mass is 9.82. The number of hydrogen-bond acceptors (Lipinski definition) is 3. The number of aromatic nitrogens is 2. The lowest BCUT2D eigenvalue weighted by molar-refractivity contribution is -0.132. The third-order valence-electron chi connectivity index (χ3n) is 5.29. The van der Waals surface area contributed by atoms with E-state index in [2.05, 4.69) is 60.8 Å². The van der Waals surface area contributed by atoms with Gasteiger partial charge in [-0.2, -0.15) is 5.10 Å². The molecule has 1 amide bonds. The Morgan fingerprint density at radius 3 is 2.65 bits per heavy atom. The Morgan fingerprint density at radius 1 is 1.31 bits per heavy atom. The van der Waals surface area contributed by atoms with Crippen molar-refractivity contribution in [1.82, 2.24) is 20.4 Å². The third-order valence-corrected chi connectivity index (χ3v) is 5.29. The van der Waals surface area contributed by atoms with Crippen LogP contribution in [0.4, 0.5) is 0 Å². The number of amides is 1. The van der Waals surface area contributed by atoms with Gasteiger partial charge in [0.15, 0.2) is 0 Å². The molecule has 1 aliphatic rings. The number of aryl methyl sites for hydroxylation is 1. The first-order chi connectivity index (χ1) is 11.9. The Bertz CT molecular complexity index is 721. The van der Waals surface area contributed by atoms with Crippen molar-refractivity contribution in [1.29, 1.82) is 0 Å². The second kappa shape index (κ2) is 8.23. The first-order valence-electron chi connectivity index (χ1n) is 9.00. The molecular weight excluding hydrogens is 348 g/mol. The molecule has 2 N–H and O–H groups in total. The van der Waals surface area contributed by atoms with Crippen molar-refractivity contribution in [3.8, 4) is 0 Å². The number of halogens is 1. The van der Waals surface area contributed by atoms with E-state index in [0.29, 0.717) is 6.54 Å². The maximum Gasteiger partial charge on any atom is 0.248 e. The monoisotopic (exact) mass is 376 g/mol. The highest BCUT2D eigenvalue weighted by atomic mass is 35.5. The Hall–Kier alpha value is -1.85. The lowest BCUT2D eigenvalue weighted by Gasteiger charge is -2.37. The van der Waals surface area contributed by atoms with Crippen LogP contribution in [0.1, 0.15) is 37.8 Å². The molecule has 1 aromatic carbocycles. The number of benzene rings is 1. The first kappa shape index (κ1) is 20.5. The zero-order valence-corrected chi connectivity index (χ0v) is 16.6. The topological polar surface area (TPSA) is 59.0 Å². The minimum atomic E-state index is -0.586. The van der Waals surface area contributed by atoms with E-state index in [4.69, 9.17) is 0 Å². The van der Waals surface area contributed by atoms with Gasteiger partial charge in [-0.1, -0.05) is 43.7 Å². The molecule has 2 heterocycles. The maximum atomic E-state index is 13.2. The number of hydrogen-bond donors (Lipinski definition) is 2. The van der Waals surface area contributed by atoms with Crippen molar-refractivity contribution in [3.05, 3.63) is 53.9 Å². The fraction of sp³-hybridized carbons (Fsp3) is 0.500. The zero-order chi connectivity index (χ0) is 17.9. The summed E-state index contributed by atoms with van der Waals surface area (Å²) < 4.78 is 1.84. The summed E-state index contributed by atoms with van der Waals surface area (Å²) in [7, 11) is 0. The summed E-state index contributed by atoms with van der Waals surface area (Å²) in [5.41, 5.74) is 1.77. The van der Waals surface area contributed by atoms with Gasteiger partial charge in [-0.05, 0) is 44.5 Å².